The highest BCUT2D eigenvalue weighted by Crippen LogP contribution is 2.67. The van der Waals surface area contributed by atoms with Crippen LogP contribution in [0, 0.1) is 28.6 Å². The Morgan fingerprint density at radius 3 is 2.38 bits per heavy atom. The smallest absolute Gasteiger partial charge is 0.326 e. The standard InChI is InChI=1S/C29H39NO10/c1-27-10-7-17(31)13-16(27)3-4-18-19(27)8-11-28(2)20(18)9-12-29(28,39)22(32)15-40-25(36)6-5-23(33)30-21(26(37)38)14-24(34)35/h13,18-21,39H,3-12,14-15H2,1-2H3,(H,30,33)(H,34,35)(H,37,38)/t18-,19+,20+,21+,27-,28-,29-/m0/s1. The molecule has 0 unspecified atom stereocenters. The van der Waals surface area contributed by atoms with E-state index in [-0.39, 0.29) is 23.5 Å². The van der Waals surface area contributed by atoms with Crippen molar-refractivity contribution in [2.45, 2.75) is 96.1 Å². The molecule has 0 aliphatic heterocycles. The predicted molar refractivity (Wildman–Crippen MR) is 139 cm³/mol. The molecule has 4 aliphatic carbocycles. The molecule has 1 amide bonds. The van der Waals surface area contributed by atoms with E-state index < -0.39 is 72.5 Å². The number of Topliss-reactive ketones (excluding diaryl/α,β-unsaturated/α-hetero) is 1. The van der Waals surface area contributed by atoms with Gasteiger partial charge in [0.25, 0.3) is 0 Å². The maximum Gasteiger partial charge on any atom is 0.326 e. The van der Waals surface area contributed by atoms with Crippen molar-refractivity contribution in [3.8, 4) is 0 Å². The van der Waals surface area contributed by atoms with Gasteiger partial charge in [-0.2, -0.15) is 0 Å². The summed E-state index contributed by atoms with van der Waals surface area (Å²) >= 11 is 0. The number of amides is 1. The highest BCUT2D eigenvalue weighted by Gasteiger charge is 2.66. The second-order valence-corrected chi connectivity index (χ2v) is 12.5. The summed E-state index contributed by atoms with van der Waals surface area (Å²) in [6, 6.07) is -1.63. The van der Waals surface area contributed by atoms with Crippen molar-refractivity contribution in [3.05, 3.63) is 11.6 Å². The molecule has 4 aliphatic rings. The lowest BCUT2D eigenvalue weighted by Gasteiger charge is -2.58. The average molecular weight is 562 g/mol. The number of aliphatic carboxylic acids is 2. The minimum absolute atomic E-state index is 0.0250. The second-order valence-electron chi connectivity index (χ2n) is 12.5. The van der Waals surface area contributed by atoms with E-state index in [2.05, 4.69) is 6.92 Å². The molecule has 0 radical (unpaired) electrons. The molecule has 40 heavy (non-hydrogen) atoms. The van der Waals surface area contributed by atoms with Crippen LogP contribution in [0.4, 0.5) is 0 Å². The van der Waals surface area contributed by atoms with Crippen LogP contribution < -0.4 is 5.32 Å². The number of carboxylic acids is 2. The molecular weight excluding hydrogens is 522 g/mol. The summed E-state index contributed by atoms with van der Waals surface area (Å²) in [5.74, 6) is -4.08. The molecule has 11 heteroatoms. The van der Waals surface area contributed by atoms with Crippen molar-refractivity contribution in [2.75, 3.05) is 6.61 Å². The molecule has 220 valence electrons. The Morgan fingerprint density at radius 1 is 1.00 bits per heavy atom. The van der Waals surface area contributed by atoms with Crippen LogP contribution in [-0.2, 0) is 33.5 Å². The molecule has 4 N–H and O–H groups in total. The first-order chi connectivity index (χ1) is 18.7. The first-order valence-electron chi connectivity index (χ1n) is 14.1. The number of aliphatic hydroxyl groups is 1. The summed E-state index contributed by atoms with van der Waals surface area (Å²) < 4.78 is 5.10. The van der Waals surface area contributed by atoms with Gasteiger partial charge in [0.2, 0.25) is 11.7 Å². The van der Waals surface area contributed by atoms with Crippen LogP contribution in [-0.4, -0.2) is 69.0 Å². The number of hydrogen-bond acceptors (Lipinski definition) is 8. The molecule has 3 saturated carbocycles. The number of allylic oxidation sites excluding steroid dienone is 1. The third-order valence-corrected chi connectivity index (χ3v) is 10.5. The van der Waals surface area contributed by atoms with Gasteiger partial charge >= 0.3 is 17.9 Å². The maximum atomic E-state index is 13.3. The normalized spacial score (nSPS) is 35.3. The van der Waals surface area contributed by atoms with Gasteiger partial charge in [0.05, 0.1) is 12.8 Å². The largest absolute Gasteiger partial charge is 0.481 e. The van der Waals surface area contributed by atoms with Gasteiger partial charge in [0.15, 0.2) is 12.4 Å². The minimum atomic E-state index is -1.63. The molecule has 0 bridgehead atoms. The zero-order valence-electron chi connectivity index (χ0n) is 23.1. The zero-order chi connectivity index (χ0) is 29.5. The first-order valence-corrected chi connectivity index (χ1v) is 14.1. The summed E-state index contributed by atoms with van der Waals surface area (Å²) in [6.45, 7) is 3.61. The van der Waals surface area contributed by atoms with Crippen molar-refractivity contribution in [1.82, 2.24) is 5.32 Å². The van der Waals surface area contributed by atoms with E-state index in [0.29, 0.717) is 31.1 Å². The molecule has 0 aromatic rings. The van der Waals surface area contributed by atoms with Gasteiger partial charge in [-0.05, 0) is 74.2 Å². The van der Waals surface area contributed by atoms with Crippen LogP contribution in [0.15, 0.2) is 11.6 Å². The number of carbonyl (C=O) groups is 6. The van der Waals surface area contributed by atoms with Gasteiger partial charge in [0.1, 0.15) is 11.6 Å². The van der Waals surface area contributed by atoms with E-state index in [1.54, 1.807) is 0 Å². The van der Waals surface area contributed by atoms with Crippen molar-refractivity contribution in [3.63, 3.8) is 0 Å². The highest BCUT2D eigenvalue weighted by molar-refractivity contribution is 5.92. The number of fused-ring (bicyclic) bond motifs is 5. The summed E-state index contributed by atoms with van der Waals surface area (Å²) in [7, 11) is 0. The SMILES string of the molecule is C[C@]12CCC(=O)C=C1CC[C@H]1[C@H]2CC[C@@]2(C)[C@@H]1CC[C@]2(O)C(=O)COC(=O)CCC(=O)N[C@H](CC(=O)O)C(=O)O. The fourth-order valence-corrected chi connectivity index (χ4v) is 8.23. The Kier molecular flexibility index (Phi) is 8.27. The summed E-state index contributed by atoms with van der Waals surface area (Å²) in [5.41, 5.74) is -1.07. The third kappa shape index (κ3) is 5.32. The summed E-state index contributed by atoms with van der Waals surface area (Å²) in [4.78, 5) is 71.4. The quantitative estimate of drug-likeness (QED) is 0.288. The Morgan fingerprint density at radius 2 is 1.70 bits per heavy atom. The number of ketones is 2. The van der Waals surface area contributed by atoms with E-state index in [4.69, 9.17) is 14.9 Å². The number of rotatable bonds is 10. The number of hydrogen-bond donors (Lipinski definition) is 4. The van der Waals surface area contributed by atoms with Gasteiger partial charge in [-0.15, -0.1) is 0 Å². The van der Waals surface area contributed by atoms with Crippen LogP contribution in [0.2, 0.25) is 0 Å². The Labute approximate surface area is 232 Å². The Bertz CT molecular complexity index is 1150. The Hall–Kier alpha value is -3.08. The predicted octanol–water partition coefficient (Wildman–Crippen LogP) is 2.19. The highest BCUT2D eigenvalue weighted by atomic mass is 16.5. The van der Waals surface area contributed by atoms with Gasteiger partial charge in [-0.3, -0.25) is 24.0 Å². The molecule has 7 atom stereocenters. The van der Waals surface area contributed by atoms with E-state index in [1.165, 1.54) is 5.57 Å². The molecule has 0 saturated heterocycles. The van der Waals surface area contributed by atoms with Crippen molar-refractivity contribution in [2.24, 2.45) is 28.6 Å². The van der Waals surface area contributed by atoms with Crippen molar-refractivity contribution in [1.29, 1.82) is 0 Å². The molecule has 4 rings (SSSR count). The molecular formula is C29H39NO10. The monoisotopic (exact) mass is 561 g/mol. The zero-order valence-corrected chi connectivity index (χ0v) is 23.1. The van der Waals surface area contributed by atoms with Gasteiger partial charge in [-0.1, -0.05) is 19.4 Å². The van der Waals surface area contributed by atoms with E-state index >= 15 is 0 Å². The third-order valence-electron chi connectivity index (χ3n) is 10.5. The molecule has 0 aromatic carbocycles. The molecule has 0 heterocycles. The van der Waals surface area contributed by atoms with Crippen LogP contribution >= 0.6 is 0 Å². The van der Waals surface area contributed by atoms with Gasteiger partial charge in [-0.25, -0.2) is 4.79 Å². The number of nitrogens with one attached hydrogen (secondary N) is 1. The number of carbonyl (C=O) groups excluding carboxylic acids is 4. The Balaban J connectivity index is 1.33. The topological polar surface area (TPSA) is 184 Å². The number of ether oxygens (including phenoxy) is 1. The lowest BCUT2D eigenvalue weighted by atomic mass is 9.46. The lowest BCUT2D eigenvalue weighted by Crippen LogP contribution is -2.58. The summed E-state index contributed by atoms with van der Waals surface area (Å²) in [5, 5.41) is 31.5. The van der Waals surface area contributed by atoms with E-state index in [0.717, 1.165) is 25.7 Å². The first kappa shape index (κ1) is 29.9. The van der Waals surface area contributed by atoms with E-state index in [9.17, 15) is 33.9 Å². The molecule has 0 aromatic heterocycles. The fourth-order valence-electron chi connectivity index (χ4n) is 8.23. The number of carboxylic acid groups (broad SMARTS) is 2. The summed E-state index contributed by atoms with van der Waals surface area (Å²) in [6.07, 6.45) is 5.85. The maximum absolute atomic E-state index is 13.3. The van der Waals surface area contributed by atoms with Gasteiger partial charge < -0.3 is 25.4 Å². The van der Waals surface area contributed by atoms with Crippen LogP contribution in [0.3, 0.4) is 0 Å². The molecule has 0 spiro atoms. The van der Waals surface area contributed by atoms with Crippen LogP contribution in [0.1, 0.15) is 84.5 Å². The van der Waals surface area contributed by atoms with Crippen LogP contribution in [0.5, 0.6) is 0 Å². The van der Waals surface area contributed by atoms with Crippen LogP contribution in [0.25, 0.3) is 0 Å². The van der Waals surface area contributed by atoms with Crippen molar-refractivity contribution >= 4 is 35.4 Å². The van der Waals surface area contributed by atoms with E-state index in [1.807, 2.05) is 18.3 Å². The number of esters is 1. The van der Waals surface area contributed by atoms with Gasteiger partial charge in [0, 0.05) is 18.3 Å². The lowest BCUT2D eigenvalue weighted by molar-refractivity contribution is -0.170. The average Bonchev–Trinajstić information content (AvgIpc) is 3.17. The fraction of sp³-hybridized carbons (Fsp3) is 0.724. The molecule has 3 fully saturated rings. The minimum Gasteiger partial charge on any atom is -0.481 e. The molecule has 11 nitrogen and oxygen atoms in total. The second kappa shape index (κ2) is 11.1. The van der Waals surface area contributed by atoms with Crippen molar-refractivity contribution < 1.29 is 48.8 Å².